The number of aryl methyl sites for hydroxylation is 2. The summed E-state index contributed by atoms with van der Waals surface area (Å²) in [5.74, 6) is -7.40. The van der Waals surface area contributed by atoms with Crippen molar-refractivity contribution >= 4 is 77.3 Å². The number of nitrogens with zero attached hydrogens (tertiary/aromatic N) is 6. The maximum absolute atomic E-state index is 14.4. The molecule has 92 heavy (non-hydrogen) atoms. The van der Waals surface area contributed by atoms with E-state index in [1.54, 1.807) is 6.92 Å². The van der Waals surface area contributed by atoms with Gasteiger partial charge in [0.2, 0.25) is 41.4 Å². The van der Waals surface area contributed by atoms with Gasteiger partial charge in [0.15, 0.2) is 6.23 Å². The number of carbonyl (C=O) groups is 7. The molecule has 1 aromatic carbocycles. The number of carbonyl (C=O) groups excluding carboxylic acids is 7. The minimum Gasteiger partial charge on any atom is -0.756 e. The average molecular weight is 1350 g/mol. The first-order valence-electron chi connectivity index (χ1n) is 30.5. The van der Waals surface area contributed by atoms with Crippen LogP contribution in [0.25, 0.3) is 16.4 Å². The zero-order valence-electron chi connectivity index (χ0n) is 54.0. The number of allylic oxidation sites excluding steroid dienone is 6. The number of nitrogens with two attached hydrogens (primary N) is 6. The SMILES string of the molecule is C/C1=C2N=C(/C=C3N=C(/C(C)=C4\[N-]C(C(CC(N)=O)C4(C)CCC(=O)NCC(C)OP(=O)([O-])OC4C(CO)OC(n5cnc6cc(C)c(C)cc65)C4O)C4(C)N=C1C(CCC(N)=O)C4(C)CC(N)=O)C(CCC(N)=O)C\3(C)C)C(CCC(N)=O)C/2(C)CC(N)=O.O.[Co+3]. The van der Waals surface area contributed by atoms with E-state index in [0.717, 1.165) is 11.1 Å². The molecule has 0 aliphatic carbocycles. The summed E-state index contributed by atoms with van der Waals surface area (Å²) < 4.78 is 31.9. The molecule has 0 saturated carbocycles. The average Bonchev–Trinajstić information content (AvgIpc) is 1.53. The second-order valence-corrected chi connectivity index (χ2v) is 28.3. The zero-order valence-corrected chi connectivity index (χ0v) is 55.9. The molecule has 17 N–H and O–H groups in total. The predicted octanol–water partition coefficient (Wildman–Crippen LogP) is 2.49. The summed E-state index contributed by atoms with van der Waals surface area (Å²) in [7, 11) is -5.32. The minimum atomic E-state index is -5.32. The predicted molar refractivity (Wildman–Crippen MR) is 335 cm³/mol. The van der Waals surface area contributed by atoms with Gasteiger partial charge in [-0.3, -0.25) is 53.1 Å². The van der Waals surface area contributed by atoms with Crippen LogP contribution in [-0.2, 0) is 68.7 Å². The molecule has 0 spiro atoms. The van der Waals surface area contributed by atoms with Crippen LogP contribution in [0.1, 0.15) is 150 Å². The number of hydrogen-bond donors (Lipinski definition) is 9. The number of aliphatic imine (C=N–C) groups is 3. The molecule has 506 valence electrons. The standard InChI is InChI=1S/C62H90N13O14P.Co.H2O/c1-29-20-39-40(21-30(29)2)75(28-70-39)57-52(84)53(41(27-76)87-57)89-90(85,86)88-31(3)26-69-49(83)18-19-59(8)37(22-46(66)80)56-62(11)61(10,25-48(68)82)36(14-17-45(65)79)51(74-62)33(5)55-60(9,24-47(67)81)34(12-15-43(63)77)38(71-55)23-42-58(6,7)35(13-16-44(64)78)50(72-42)32(4)54(59)73-56;;/h20-21,23,28,31,34-37,41,52-53,56-57,76,84H,12-19,22,24-27H2,1-11H3,(H15,63,64,65,66,67,68,69,71,72,73,74,77,78,79,80,81,82,83,85,86);;1H2/q;+3;/p-2. The second-order valence-electron chi connectivity index (χ2n) is 27.0. The van der Waals surface area contributed by atoms with Gasteiger partial charge < -0.3 is 84.0 Å². The summed E-state index contributed by atoms with van der Waals surface area (Å²) in [6, 6.07) is 2.65. The largest absolute Gasteiger partial charge is 3.00 e. The third-order valence-electron chi connectivity index (χ3n) is 20.5. The van der Waals surface area contributed by atoms with Crippen molar-refractivity contribution in [1.82, 2.24) is 14.9 Å². The van der Waals surface area contributed by atoms with Crippen molar-refractivity contribution in [1.29, 1.82) is 0 Å². The number of phosphoric ester groups is 1. The molecule has 15 unspecified atom stereocenters. The third kappa shape index (κ3) is 14.1. The van der Waals surface area contributed by atoms with Gasteiger partial charge in [-0.25, -0.2) is 4.98 Å². The number of benzene rings is 1. The van der Waals surface area contributed by atoms with E-state index in [-0.39, 0.29) is 99.4 Å². The van der Waals surface area contributed by atoms with Crippen molar-refractivity contribution in [3.63, 3.8) is 0 Å². The van der Waals surface area contributed by atoms with E-state index in [0.29, 0.717) is 56.4 Å². The summed E-state index contributed by atoms with van der Waals surface area (Å²) in [6.07, 6.45) is -4.79. The molecular weight excluding hydrogens is 1260 g/mol. The van der Waals surface area contributed by atoms with E-state index in [1.165, 1.54) is 17.8 Å². The Labute approximate surface area is 545 Å². The maximum Gasteiger partial charge on any atom is 3.00 e. The molecule has 30 heteroatoms. The molecule has 2 aromatic rings. The Kier molecular flexibility index (Phi) is 22.5. The Bertz CT molecular complexity index is 3550. The normalized spacial score (nSPS) is 33.5. The molecule has 1 aromatic heterocycles. The number of ether oxygens (including phenoxy) is 1. The summed E-state index contributed by atoms with van der Waals surface area (Å²) in [5.41, 5.74) is 36.7. The fraction of sp³-hybridized carbons (Fsp3) is 0.629. The summed E-state index contributed by atoms with van der Waals surface area (Å²) in [6.45, 7) is 19.0. The number of hydrogen-bond acceptors (Lipinski definition) is 18. The van der Waals surface area contributed by atoms with Gasteiger partial charge in [-0.2, -0.15) is 5.70 Å². The molecule has 7 heterocycles. The van der Waals surface area contributed by atoms with Crippen LogP contribution in [0.3, 0.4) is 0 Å². The molecular formula is C62H90CoN13O15P+. The fourth-order valence-corrected chi connectivity index (χ4v) is 16.4. The van der Waals surface area contributed by atoms with Crippen molar-refractivity contribution in [3.05, 3.63) is 69.2 Å². The van der Waals surface area contributed by atoms with Crippen LogP contribution >= 0.6 is 7.82 Å². The first kappa shape index (κ1) is 74.5. The number of aromatic nitrogens is 2. The van der Waals surface area contributed by atoms with E-state index in [9.17, 15) is 53.2 Å². The molecule has 28 nitrogen and oxygen atoms in total. The van der Waals surface area contributed by atoms with Gasteiger partial charge >= 0.3 is 16.8 Å². The zero-order chi connectivity index (χ0) is 66.7. The van der Waals surface area contributed by atoms with Crippen molar-refractivity contribution in [2.24, 2.45) is 94.7 Å². The second kappa shape index (κ2) is 27.8. The van der Waals surface area contributed by atoms with Crippen LogP contribution < -0.4 is 44.6 Å². The van der Waals surface area contributed by atoms with Crippen LogP contribution in [0.15, 0.2) is 67.8 Å². The Morgan fingerprint density at radius 2 is 1.38 bits per heavy atom. The van der Waals surface area contributed by atoms with Crippen molar-refractivity contribution < 1.29 is 89.3 Å². The number of aliphatic hydroxyl groups excluding tert-OH is 2. The number of imidazole rings is 1. The quantitative estimate of drug-likeness (QED) is 0.0611. The van der Waals surface area contributed by atoms with Crippen molar-refractivity contribution in [2.75, 3.05) is 13.2 Å². The molecule has 0 radical (unpaired) electrons. The molecule has 6 aliphatic rings. The smallest absolute Gasteiger partial charge is 0.756 e. The minimum absolute atomic E-state index is 0. The van der Waals surface area contributed by atoms with Crippen LogP contribution in [-0.4, -0.2) is 133 Å². The monoisotopic (exact) mass is 1350 g/mol. The van der Waals surface area contributed by atoms with Gasteiger partial charge in [-0.15, -0.1) is 0 Å². The molecule has 2 saturated heterocycles. The molecule has 8 rings (SSSR count). The molecule has 15 atom stereocenters. The van der Waals surface area contributed by atoms with Crippen molar-refractivity contribution in [2.45, 2.75) is 189 Å². The molecule has 6 aliphatic heterocycles. The van der Waals surface area contributed by atoms with Gasteiger partial charge in [0.05, 0.1) is 41.3 Å². The van der Waals surface area contributed by atoms with Gasteiger partial charge in [0, 0.05) is 108 Å². The van der Waals surface area contributed by atoms with Crippen LogP contribution in [0.5, 0.6) is 0 Å². The Morgan fingerprint density at radius 3 is 1.96 bits per heavy atom. The third-order valence-corrected chi connectivity index (χ3v) is 21.6. The van der Waals surface area contributed by atoms with E-state index in [4.69, 9.17) is 68.5 Å². The van der Waals surface area contributed by atoms with E-state index in [1.807, 2.05) is 80.5 Å². The number of amides is 7. The number of aliphatic hydroxyl groups is 2. The maximum atomic E-state index is 14.4. The van der Waals surface area contributed by atoms with Crippen molar-refractivity contribution in [3.8, 4) is 0 Å². The number of fused-ring (bicyclic) bond motifs is 7. The van der Waals surface area contributed by atoms with Gasteiger partial charge in [0.1, 0.15) is 18.3 Å². The molecule has 8 bridgehead atoms. The number of nitrogens with one attached hydrogen (secondary N) is 1. The van der Waals surface area contributed by atoms with Crippen LogP contribution in [0.2, 0.25) is 0 Å². The van der Waals surface area contributed by atoms with E-state index < -0.39 is 143 Å². The van der Waals surface area contributed by atoms with Gasteiger partial charge in [-0.05, 0) is 119 Å². The topological polar surface area (TPSA) is 496 Å². The van der Waals surface area contributed by atoms with Crippen LogP contribution in [0.4, 0.5) is 0 Å². The van der Waals surface area contributed by atoms with Crippen LogP contribution in [0, 0.1) is 59.2 Å². The molecule has 2 fully saturated rings. The Hall–Kier alpha value is -6.53. The first-order valence-corrected chi connectivity index (χ1v) is 32.0. The molecule has 7 amide bonds. The summed E-state index contributed by atoms with van der Waals surface area (Å²) in [5, 5.41) is 30.1. The summed E-state index contributed by atoms with van der Waals surface area (Å²) in [4.78, 5) is 128. The Morgan fingerprint density at radius 1 is 0.793 bits per heavy atom. The summed E-state index contributed by atoms with van der Waals surface area (Å²) >= 11 is 0. The van der Waals surface area contributed by atoms with E-state index >= 15 is 0 Å². The Balaban J connectivity index is 0.00000672. The van der Waals surface area contributed by atoms with Gasteiger partial charge in [-0.1, -0.05) is 40.7 Å². The number of rotatable bonds is 26. The van der Waals surface area contributed by atoms with E-state index in [2.05, 4.69) is 10.3 Å². The fourth-order valence-electron chi connectivity index (χ4n) is 15.3. The van der Waals surface area contributed by atoms with Gasteiger partial charge in [0.25, 0.3) is 7.82 Å². The first-order chi connectivity index (χ1) is 41.8. The number of phosphoric acid groups is 1. The number of primary amides is 6.